The van der Waals surface area contributed by atoms with Gasteiger partial charge in [-0.25, -0.2) is 8.78 Å². The number of rotatable bonds is 4. The van der Waals surface area contributed by atoms with Gasteiger partial charge in [0.15, 0.2) is 0 Å². The van der Waals surface area contributed by atoms with Crippen molar-refractivity contribution >= 4 is 16.8 Å². The number of aliphatic hydroxyl groups is 1. The first-order chi connectivity index (χ1) is 12.0. The van der Waals surface area contributed by atoms with E-state index >= 15 is 0 Å². The summed E-state index contributed by atoms with van der Waals surface area (Å²) >= 11 is 0. The fourth-order valence-electron chi connectivity index (χ4n) is 2.55. The Labute approximate surface area is 140 Å². The molecule has 0 spiro atoms. The van der Waals surface area contributed by atoms with E-state index in [0.717, 1.165) is 12.1 Å². The van der Waals surface area contributed by atoms with Crippen LogP contribution in [0.2, 0.25) is 0 Å². The van der Waals surface area contributed by atoms with E-state index in [1.54, 1.807) is 24.3 Å². The van der Waals surface area contributed by atoms with E-state index in [1.165, 1.54) is 12.3 Å². The smallest absolute Gasteiger partial charge is 0.256 e. The summed E-state index contributed by atoms with van der Waals surface area (Å²) in [7, 11) is 0. The number of fused-ring (bicyclic) bond motifs is 1. The topological polar surface area (TPSA) is 82.2 Å². The number of H-pyrrole nitrogens is 1. The van der Waals surface area contributed by atoms with Crippen molar-refractivity contribution in [3.63, 3.8) is 0 Å². The maximum absolute atomic E-state index is 13.6. The molecule has 3 rings (SSSR count). The van der Waals surface area contributed by atoms with Gasteiger partial charge in [-0.15, -0.1) is 0 Å². The molecule has 3 aromatic rings. The maximum Gasteiger partial charge on any atom is 0.256 e. The number of aromatic nitrogens is 1. The molecule has 5 nitrogen and oxygen atoms in total. The molecule has 1 heterocycles. The van der Waals surface area contributed by atoms with E-state index < -0.39 is 41.2 Å². The largest absolute Gasteiger partial charge is 0.386 e. The molecule has 0 aliphatic heterocycles. The Bertz CT molecular complexity index is 981. The van der Waals surface area contributed by atoms with Gasteiger partial charge in [0, 0.05) is 23.6 Å². The number of benzene rings is 2. The van der Waals surface area contributed by atoms with E-state index in [0.29, 0.717) is 10.9 Å². The third kappa shape index (κ3) is 3.27. The van der Waals surface area contributed by atoms with Crippen molar-refractivity contribution in [1.82, 2.24) is 10.3 Å². The number of aliphatic hydroxyl groups excluding tert-OH is 1. The molecule has 1 atom stereocenters. The standard InChI is InChI=1S/C18H14F2N2O3/c19-12-5-3-6-13(20)16(12)15(23)9-22-18(25)11-8-21-14-7-2-1-4-10(14)17(11)24/h1-8,15,23H,9H2,(H,21,24)(H,22,25). The Hall–Kier alpha value is -3.06. The first kappa shape index (κ1) is 16.8. The lowest BCUT2D eigenvalue weighted by Crippen LogP contribution is -2.32. The molecule has 0 saturated heterocycles. The molecule has 128 valence electrons. The summed E-state index contributed by atoms with van der Waals surface area (Å²) < 4.78 is 27.2. The van der Waals surface area contributed by atoms with Gasteiger partial charge in [-0.05, 0) is 24.3 Å². The molecule has 3 N–H and O–H groups in total. The van der Waals surface area contributed by atoms with Gasteiger partial charge in [0.1, 0.15) is 23.3 Å². The quantitative estimate of drug-likeness (QED) is 0.679. The highest BCUT2D eigenvalue weighted by atomic mass is 19.1. The third-order valence-electron chi connectivity index (χ3n) is 3.82. The van der Waals surface area contributed by atoms with Gasteiger partial charge in [0.25, 0.3) is 5.91 Å². The molecule has 0 bridgehead atoms. The van der Waals surface area contributed by atoms with Crippen LogP contribution >= 0.6 is 0 Å². The van der Waals surface area contributed by atoms with Crippen molar-refractivity contribution in [3.05, 3.63) is 81.6 Å². The predicted molar refractivity (Wildman–Crippen MR) is 88.2 cm³/mol. The first-order valence-electron chi connectivity index (χ1n) is 7.49. The Morgan fingerprint density at radius 2 is 1.80 bits per heavy atom. The summed E-state index contributed by atoms with van der Waals surface area (Å²) in [5.74, 6) is -2.57. The van der Waals surface area contributed by atoms with Crippen molar-refractivity contribution in [1.29, 1.82) is 0 Å². The summed E-state index contributed by atoms with van der Waals surface area (Å²) in [6, 6.07) is 9.89. The van der Waals surface area contributed by atoms with E-state index in [9.17, 15) is 23.5 Å². The van der Waals surface area contributed by atoms with Gasteiger partial charge in [-0.3, -0.25) is 9.59 Å². The highest BCUT2D eigenvalue weighted by Gasteiger charge is 2.20. The lowest BCUT2D eigenvalue weighted by atomic mass is 10.1. The lowest BCUT2D eigenvalue weighted by Gasteiger charge is -2.14. The predicted octanol–water partition coefficient (Wildman–Crippen LogP) is 2.27. The second-order valence-electron chi connectivity index (χ2n) is 5.44. The number of halogens is 2. The minimum Gasteiger partial charge on any atom is -0.386 e. The Morgan fingerprint density at radius 3 is 2.52 bits per heavy atom. The number of carbonyl (C=O) groups excluding carboxylic acids is 1. The van der Waals surface area contributed by atoms with E-state index in [1.807, 2.05) is 0 Å². The lowest BCUT2D eigenvalue weighted by molar-refractivity contribution is 0.0910. The fourth-order valence-corrected chi connectivity index (χ4v) is 2.55. The van der Waals surface area contributed by atoms with E-state index in [-0.39, 0.29) is 5.56 Å². The van der Waals surface area contributed by atoms with Crippen molar-refractivity contribution in [2.24, 2.45) is 0 Å². The van der Waals surface area contributed by atoms with Gasteiger partial charge < -0.3 is 15.4 Å². The van der Waals surface area contributed by atoms with Crippen LogP contribution in [0.5, 0.6) is 0 Å². The van der Waals surface area contributed by atoms with Crippen molar-refractivity contribution in [2.45, 2.75) is 6.10 Å². The van der Waals surface area contributed by atoms with Crippen LogP contribution in [-0.4, -0.2) is 22.5 Å². The zero-order valence-corrected chi connectivity index (χ0v) is 12.9. The molecule has 7 heteroatoms. The normalized spacial score (nSPS) is 12.1. The number of hydrogen-bond acceptors (Lipinski definition) is 3. The number of para-hydroxylation sites is 1. The second kappa shape index (κ2) is 6.82. The zero-order valence-electron chi connectivity index (χ0n) is 12.9. The number of amides is 1. The van der Waals surface area contributed by atoms with Crippen molar-refractivity contribution in [2.75, 3.05) is 6.54 Å². The highest BCUT2D eigenvalue weighted by molar-refractivity contribution is 5.97. The van der Waals surface area contributed by atoms with E-state index in [2.05, 4.69) is 10.3 Å². The Kier molecular flexibility index (Phi) is 4.58. The SMILES string of the molecule is O=C(NCC(O)c1c(F)cccc1F)c1c[nH]c2ccccc2c1=O. The van der Waals surface area contributed by atoms with Gasteiger partial charge >= 0.3 is 0 Å². The van der Waals surface area contributed by atoms with Gasteiger partial charge in [0.2, 0.25) is 5.43 Å². The van der Waals surface area contributed by atoms with Gasteiger partial charge in [-0.1, -0.05) is 18.2 Å². The first-order valence-corrected chi connectivity index (χ1v) is 7.49. The van der Waals surface area contributed by atoms with Crippen molar-refractivity contribution < 1.29 is 18.7 Å². The summed E-state index contributed by atoms with van der Waals surface area (Å²) in [5.41, 5.74) is -0.578. The van der Waals surface area contributed by atoms with E-state index in [4.69, 9.17) is 0 Å². The molecule has 0 aliphatic rings. The molecule has 0 saturated carbocycles. The minimum atomic E-state index is -1.58. The minimum absolute atomic E-state index is 0.153. The summed E-state index contributed by atoms with van der Waals surface area (Å²) in [6.45, 7) is -0.442. The zero-order chi connectivity index (χ0) is 18.0. The van der Waals surface area contributed by atoms with Crippen LogP contribution in [0.1, 0.15) is 22.0 Å². The highest BCUT2D eigenvalue weighted by Crippen LogP contribution is 2.20. The molecular weight excluding hydrogens is 330 g/mol. The van der Waals surface area contributed by atoms with Gasteiger partial charge in [-0.2, -0.15) is 0 Å². The van der Waals surface area contributed by atoms with Crippen LogP contribution in [0.15, 0.2) is 53.5 Å². The maximum atomic E-state index is 13.6. The van der Waals surface area contributed by atoms with Crippen LogP contribution in [-0.2, 0) is 0 Å². The monoisotopic (exact) mass is 344 g/mol. The number of carbonyl (C=O) groups is 1. The molecule has 1 aromatic heterocycles. The summed E-state index contributed by atoms with van der Waals surface area (Å²) in [4.78, 5) is 27.3. The van der Waals surface area contributed by atoms with Crippen LogP contribution in [0.25, 0.3) is 10.9 Å². The number of hydrogen-bond donors (Lipinski definition) is 3. The molecular formula is C18H14F2N2O3. The Balaban J connectivity index is 1.79. The molecule has 25 heavy (non-hydrogen) atoms. The molecule has 2 aromatic carbocycles. The Morgan fingerprint density at radius 1 is 1.12 bits per heavy atom. The average Bonchev–Trinajstić information content (AvgIpc) is 2.60. The second-order valence-corrected chi connectivity index (χ2v) is 5.44. The number of pyridine rings is 1. The average molecular weight is 344 g/mol. The molecule has 0 aliphatic carbocycles. The summed E-state index contributed by atoms with van der Waals surface area (Å²) in [5, 5.41) is 12.6. The molecule has 0 radical (unpaired) electrons. The van der Waals surface area contributed by atoms with Crippen LogP contribution < -0.4 is 10.7 Å². The van der Waals surface area contributed by atoms with Crippen LogP contribution in [0.3, 0.4) is 0 Å². The van der Waals surface area contributed by atoms with Crippen LogP contribution in [0, 0.1) is 11.6 Å². The third-order valence-corrected chi connectivity index (χ3v) is 3.82. The summed E-state index contributed by atoms with van der Waals surface area (Å²) in [6.07, 6.45) is -0.319. The molecule has 1 unspecified atom stereocenters. The van der Waals surface area contributed by atoms with Crippen molar-refractivity contribution in [3.8, 4) is 0 Å². The van der Waals surface area contributed by atoms with Gasteiger partial charge in [0.05, 0.1) is 5.56 Å². The number of aromatic amines is 1. The number of nitrogens with one attached hydrogen (secondary N) is 2. The molecule has 0 fully saturated rings. The molecule has 1 amide bonds. The van der Waals surface area contributed by atoms with Crippen LogP contribution in [0.4, 0.5) is 8.78 Å². The fraction of sp³-hybridized carbons (Fsp3) is 0.111.